The Kier molecular flexibility index (Phi) is 18.2. The Morgan fingerprint density at radius 1 is 0.711 bits per heavy atom. The average Bonchev–Trinajstić information content (AvgIpc) is 3.81. The molecular weight excluding hydrogens is 967 g/mol. The maximum Gasteiger partial charge on any atom is 0.408 e. The summed E-state index contributed by atoms with van der Waals surface area (Å²) in [4.78, 5) is 72.8. The van der Waals surface area contributed by atoms with Crippen LogP contribution < -0.4 is 26.4 Å². The zero-order chi connectivity index (χ0) is 54.6. The van der Waals surface area contributed by atoms with E-state index >= 15 is 0 Å². The Balaban J connectivity index is 1.25. The van der Waals surface area contributed by atoms with Gasteiger partial charge in [-0.2, -0.15) is 4.98 Å². The summed E-state index contributed by atoms with van der Waals surface area (Å²) < 4.78 is 36.5. The van der Waals surface area contributed by atoms with Crippen molar-refractivity contribution in [3.05, 3.63) is 195 Å². The fourth-order valence-electron chi connectivity index (χ4n) is 8.76. The van der Waals surface area contributed by atoms with Gasteiger partial charge in [-0.05, 0) is 134 Å². The Labute approximate surface area is 444 Å². The number of amides is 1. The molecule has 4 unspecified atom stereocenters. The van der Waals surface area contributed by atoms with Gasteiger partial charge >= 0.3 is 29.7 Å². The standard InChI is InChI=1S/C60H69N5O11/c1-39-20-24-41(25-21-39)53(66)72-38-50-49(74-54(67)42-26-22-40(2)23-27-42)36-51(73-50)65-37-43(32-34-61-35-33-48(55(68)75-58(3,4)5)62-57(70)76-59(6,7)8)52(63-56(65)69)64-60(44-16-12-10-13-17-44,45-18-14-11-15-19-45)46-28-30-47(71-9)31-29-46/h10-31,37,48-51,61H,32-36,38H2,1-9H3,(H,62,70)(H,63,64,69). The smallest absolute Gasteiger partial charge is 0.408 e. The van der Waals surface area contributed by atoms with Crippen LogP contribution in [-0.4, -0.2) is 89.8 Å². The lowest BCUT2D eigenvalue weighted by molar-refractivity contribution is -0.157. The largest absolute Gasteiger partial charge is 0.497 e. The van der Waals surface area contributed by atoms with E-state index in [1.165, 1.54) is 4.57 Å². The lowest BCUT2D eigenvalue weighted by Crippen LogP contribution is -2.47. The number of ether oxygens (including phenoxy) is 6. The highest BCUT2D eigenvalue weighted by atomic mass is 16.6. The van der Waals surface area contributed by atoms with Crippen molar-refractivity contribution in [2.45, 2.75) is 116 Å². The molecule has 0 spiro atoms. The van der Waals surface area contributed by atoms with Crippen molar-refractivity contribution in [3.8, 4) is 5.75 Å². The summed E-state index contributed by atoms with van der Waals surface area (Å²) >= 11 is 0. The number of hydrogen-bond acceptors (Lipinski definition) is 14. The number of aryl methyl sites for hydroxylation is 2. The van der Waals surface area contributed by atoms with Gasteiger partial charge in [0.2, 0.25) is 0 Å². The van der Waals surface area contributed by atoms with Gasteiger partial charge in [-0.15, -0.1) is 0 Å². The fraction of sp³-hybridized carbons (Fsp3) is 0.367. The minimum Gasteiger partial charge on any atom is -0.497 e. The molecule has 0 radical (unpaired) electrons. The number of benzene rings is 5. The molecule has 1 aliphatic heterocycles. The summed E-state index contributed by atoms with van der Waals surface area (Å²) in [5.41, 5.74) is 2.34. The molecule has 1 amide bonds. The minimum atomic E-state index is -1.12. The number of alkyl carbamates (subject to hydrolysis) is 1. The molecule has 0 bridgehead atoms. The van der Waals surface area contributed by atoms with Crippen molar-refractivity contribution in [1.29, 1.82) is 0 Å². The van der Waals surface area contributed by atoms with Crippen molar-refractivity contribution in [2.75, 3.05) is 32.1 Å². The van der Waals surface area contributed by atoms with Gasteiger partial charge in [-0.25, -0.2) is 24.0 Å². The molecular formula is C60H69N5O11. The van der Waals surface area contributed by atoms with E-state index in [2.05, 4.69) is 16.0 Å². The monoisotopic (exact) mass is 1040 g/mol. The number of anilines is 1. The van der Waals surface area contributed by atoms with E-state index in [1.807, 2.05) is 111 Å². The van der Waals surface area contributed by atoms with Gasteiger partial charge in [0.1, 0.15) is 59.4 Å². The summed E-state index contributed by atoms with van der Waals surface area (Å²) in [5.74, 6) is -0.872. The second-order valence-corrected chi connectivity index (χ2v) is 20.8. The van der Waals surface area contributed by atoms with Crippen LogP contribution in [0.2, 0.25) is 0 Å². The number of rotatable bonds is 20. The van der Waals surface area contributed by atoms with Gasteiger partial charge in [-0.1, -0.05) is 108 Å². The zero-order valence-corrected chi connectivity index (χ0v) is 44.7. The molecule has 1 aliphatic rings. The van der Waals surface area contributed by atoms with Crippen LogP contribution >= 0.6 is 0 Å². The predicted octanol–water partition coefficient (Wildman–Crippen LogP) is 9.40. The fourth-order valence-corrected chi connectivity index (χ4v) is 8.76. The minimum absolute atomic E-state index is 0.0247. The topological polar surface area (TPSA) is 195 Å². The first kappa shape index (κ1) is 55.9. The molecule has 0 saturated carbocycles. The molecule has 0 aliphatic carbocycles. The molecule has 1 aromatic heterocycles. The third-order valence-corrected chi connectivity index (χ3v) is 12.5. The number of methoxy groups -OCH3 is 1. The number of carbonyl (C=O) groups excluding carboxylic acids is 4. The van der Waals surface area contributed by atoms with Gasteiger partial charge in [0.15, 0.2) is 0 Å². The summed E-state index contributed by atoms with van der Waals surface area (Å²) in [7, 11) is 1.61. The molecule has 400 valence electrons. The summed E-state index contributed by atoms with van der Waals surface area (Å²) in [6.45, 7) is 14.6. The molecule has 16 heteroatoms. The van der Waals surface area contributed by atoms with Crippen LogP contribution in [0.15, 0.2) is 144 Å². The number of nitrogens with zero attached hydrogens (tertiary/aromatic N) is 2. The first-order valence-electron chi connectivity index (χ1n) is 25.5. The quantitative estimate of drug-likeness (QED) is 0.0283. The Bertz CT molecular complexity index is 2930. The van der Waals surface area contributed by atoms with Gasteiger partial charge in [0, 0.05) is 18.2 Å². The van der Waals surface area contributed by atoms with E-state index in [1.54, 1.807) is 91.2 Å². The van der Waals surface area contributed by atoms with Crippen molar-refractivity contribution in [1.82, 2.24) is 20.2 Å². The van der Waals surface area contributed by atoms with Crippen LogP contribution in [-0.2, 0) is 40.4 Å². The second kappa shape index (κ2) is 24.7. The van der Waals surface area contributed by atoms with E-state index in [4.69, 9.17) is 33.4 Å². The van der Waals surface area contributed by atoms with Crippen LogP contribution in [0.3, 0.4) is 0 Å². The third kappa shape index (κ3) is 14.7. The number of nitrogens with one attached hydrogen (secondary N) is 3. The summed E-state index contributed by atoms with van der Waals surface area (Å²) in [6.07, 6.45) is -1.51. The van der Waals surface area contributed by atoms with E-state index < -0.39 is 70.9 Å². The molecule has 3 N–H and O–H groups in total. The number of aromatic nitrogens is 2. The maximum atomic E-state index is 14.7. The molecule has 7 rings (SSSR count). The van der Waals surface area contributed by atoms with Gasteiger partial charge in [-0.3, -0.25) is 4.57 Å². The Morgan fingerprint density at radius 3 is 1.82 bits per heavy atom. The predicted molar refractivity (Wildman–Crippen MR) is 288 cm³/mol. The first-order chi connectivity index (χ1) is 36.2. The molecule has 2 heterocycles. The van der Waals surface area contributed by atoms with Crippen LogP contribution in [0.25, 0.3) is 0 Å². The lowest BCUT2D eigenvalue weighted by Gasteiger charge is -2.38. The molecule has 6 aromatic rings. The average molecular weight is 1040 g/mol. The molecule has 76 heavy (non-hydrogen) atoms. The molecule has 4 atom stereocenters. The van der Waals surface area contributed by atoms with E-state index in [9.17, 15) is 24.0 Å². The van der Waals surface area contributed by atoms with Gasteiger partial charge in [0.25, 0.3) is 0 Å². The van der Waals surface area contributed by atoms with Crippen molar-refractivity contribution in [2.24, 2.45) is 0 Å². The van der Waals surface area contributed by atoms with Crippen LogP contribution in [0.4, 0.5) is 10.6 Å². The maximum absolute atomic E-state index is 14.7. The third-order valence-electron chi connectivity index (χ3n) is 12.5. The SMILES string of the molecule is COc1ccc(C(Nc2nc(=O)n(C3CC(OC(=O)c4ccc(C)cc4)C(COC(=O)c4ccc(C)cc4)O3)cc2CCNCCC(NC(=O)OC(C)(C)C)C(=O)OC(C)(C)C)(c2ccccc2)c2ccccc2)cc1. The molecule has 1 fully saturated rings. The highest BCUT2D eigenvalue weighted by molar-refractivity contribution is 5.90. The summed E-state index contributed by atoms with van der Waals surface area (Å²) in [5, 5.41) is 9.87. The summed E-state index contributed by atoms with van der Waals surface area (Å²) in [6, 6.07) is 40.3. The van der Waals surface area contributed by atoms with Crippen LogP contribution in [0.5, 0.6) is 5.75 Å². The van der Waals surface area contributed by atoms with Gasteiger partial charge in [0.05, 0.1) is 18.2 Å². The Morgan fingerprint density at radius 2 is 1.26 bits per heavy atom. The van der Waals surface area contributed by atoms with Crippen LogP contribution in [0, 0.1) is 13.8 Å². The second-order valence-electron chi connectivity index (χ2n) is 20.8. The normalized spacial score (nSPS) is 16.0. The van der Waals surface area contributed by atoms with Crippen LogP contribution in [0.1, 0.15) is 115 Å². The van der Waals surface area contributed by atoms with Crippen molar-refractivity contribution >= 4 is 29.8 Å². The zero-order valence-electron chi connectivity index (χ0n) is 44.7. The van der Waals surface area contributed by atoms with E-state index in [0.29, 0.717) is 29.0 Å². The lowest BCUT2D eigenvalue weighted by atomic mass is 9.77. The van der Waals surface area contributed by atoms with Gasteiger partial charge < -0.3 is 44.4 Å². The van der Waals surface area contributed by atoms with E-state index in [-0.39, 0.29) is 38.2 Å². The number of hydrogen-bond donors (Lipinski definition) is 3. The highest BCUT2D eigenvalue weighted by Gasteiger charge is 2.42. The molecule has 1 saturated heterocycles. The molecule has 5 aromatic carbocycles. The van der Waals surface area contributed by atoms with Crippen molar-refractivity contribution in [3.63, 3.8) is 0 Å². The van der Waals surface area contributed by atoms with E-state index in [0.717, 1.165) is 27.8 Å². The van der Waals surface area contributed by atoms with Crippen molar-refractivity contribution < 1.29 is 47.6 Å². The number of esters is 3. The number of carbonyl (C=O) groups is 4. The first-order valence-corrected chi connectivity index (χ1v) is 25.5. The molecule has 16 nitrogen and oxygen atoms in total. The Hall–Kier alpha value is -7.82. The highest BCUT2D eigenvalue weighted by Crippen LogP contribution is 2.41.